The molecule has 0 saturated heterocycles. The molecule has 0 saturated carbocycles. The highest BCUT2D eigenvalue weighted by atomic mass is 15.5. The summed E-state index contributed by atoms with van der Waals surface area (Å²) in [5.74, 6) is 1.48. The fourth-order valence-electron chi connectivity index (χ4n) is 2.50. The summed E-state index contributed by atoms with van der Waals surface area (Å²) in [4.78, 5) is 0. The number of H-pyrrole nitrogens is 1. The Balaban J connectivity index is 2.21. The molecule has 1 rings (SSSR count). The molecule has 0 amide bonds. The Kier molecular flexibility index (Phi) is 9.29. The van der Waals surface area contributed by atoms with Crippen LogP contribution in [0.2, 0.25) is 0 Å². The molecule has 1 atom stereocenters. The van der Waals surface area contributed by atoms with Crippen molar-refractivity contribution in [3.8, 4) is 0 Å². The molecule has 4 nitrogen and oxygen atoms in total. The van der Waals surface area contributed by atoms with Crippen LogP contribution in [0.25, 0.3) is 0 Å². The van der Waals surface area contributed by atoms with Gasteiger partial charge in [-0.1, -0.05) is 71.6 Å². The van der Waals surface area contributed by atoms with E-state index in [-0.39, 0.29) is 0 Å². The minimum absolute atomic E-state index is 0.507. The van der Waals surface area contributed by atoms with Crippen LogP contribution in [-0.4, -0.2) is 20.6 Å². The zero-order valence-corrected chi connectivity index (χ0v) is 12.4. The molecular weight excluding hydrogens is 236 g/mol. The summed E-state index contributed by atoms with van der Waals surface area (Å²) >= 11 is 0. The number of unbranched alkanes of at least 4 members (excludes halogenated alkanes) is 7. The molecule has 1 radical (unpaired) electrons. The SMILES string of the molecule is [CH2]CCCCC(CCCCCCCC)c1nnn[nH]1. The van der Waals surface area contributed by atoms with Crippen molar-refractivity contribution in [2.45, 2.75) is 83.5 Å². The van der Waals surface area contributed by atoms with Gasteiger partial charge in [0.1, 0.15) is 0 Å². The summed E-state index contributed by atoms with van der Waals surface area (Å²) in [6, 6.07) is 0. The van der Waals surface area contributed by atoms with Crippen LogP contribution in [0.5, 0.6) is 0 Å². The van der Waals surface area contributed by atoms with Crippen molar-refractivity contribution in [3.63, 3.8) is 0 Å². The summed E-state index contributed by atoms with van der Waals surface area (Å²) in [6.07, 6.45) is 13.9. The van der Waals surface area contributed by atoms with Crippen LogP contribution in [0.3, 0.4) is 0 Å². The highest BCUT2D eigenvalue weighted by Crippen LogP contribution is 2.25. The van der Waals surface area contributed by atoms with Gasteiger partial charge in [0.05, 0.1) is 0 Å². The van der Waals surface area contributed by atoms with E-state index in [1.54, 1.807) is 0 Å². The fraction of sp³-hybridized carbons (Fsp3) is 0.867. The number of aromatic amines is 1. The number of nitrogens with zero attached hydrogens (tertiary/aromatic N) is 3. The molecule has 0 fully saturated rings. The Bertz CT molecular complexity index is 284. The minimum Gasteiger partial charge on any atom is -0.243 e. The lowest BCUT2D eigenvalue weighted by molar-refractivity contribution is 0.481. The molecule has 0 aromatic carbocycles. The average molecular weight is 265 g/mol. The second-order valence-corrected chi connectivity index (χ2v) is 5.39. The van der Waals surface area contributed by atoms with Gasteiger partial charge in [-0.15, -0.1) is 5.10 Å². The van der Waals surface area contributed by atoms with E-state index in [9.17, 15) is 0 Å². The monoisotopic (exact) mass is 265 g/mol. The zero-order valence-electron chi connectivity index (χ0n) is 12.4. The maximum atomic E-state index is 4.09. The standard InChI is InChI=1S/C15H29N4/c1-3-5-7-8-9-11-13-14(12-10-6-4-2)15-16-18-19-17-15/h14H,2-13H2,1H3,(H,16,17,18,19). The number of aromatic nitrogens is 4. The van der Waals surface area contributed by atoms with Gasteiger partial charge in [0.2, 0.25) is 0 Å². The molecule has 1 aromatic rings. The molecule has 4 heteroatoms. The van der Waals surface area contributed by atoms with Gasteiger partial charge in [-0.25, -0.2) is 5.10 Å². The maximum Gasteiger partial charge on any atom is 0.151 e. The van der Waals surface area contributed by atoms with Crippen molar-refractivity contribution in [1.82, 2.24) is 20.6 Å². The zero-order chi connectivity index (χ0) is 13.8. The van der Waals surface area contributed by atoms with Crippen molar-refractivity contribution in [2.75, 3.05) is 0 Å². The number of rotatable bonds is 12. The Morgan fingerprint density at radius 2 is 1.68 bits per heavy atom. The van der Waals surface area contributed by atoms with Gasteiger partial charge < -0.3 is 0 Å². The first-order chi connectivity index (χ1) is 9.38. The highest BCUT2D eigenvalue weighted by molar-refractivity contribution is 4.90. The van der Waals surface area contributed by atoms with E-state index in [1.165, 1.54) is 64.2 Å². The van der Waals surface area contributed by atoms with Crippen LogP contribution in [0.15, 0.2) is 0 Å². The van der Waals surface area contributed by atoms with Gasteiger partial charge in [-0.2, -0.15) is 0 Å². The Labute approximate surface area is 117 Å². The normalized spacial score (nSPS) is 12.7. The summed E-state index contributed by atoms with van der Waals surface area (Å²) in [6.45, 7) is 6.16. The molecule has 1 heterocycles. The van der Waals surface area contributed by atoms with Gasteiger partial charge >= 0.3 is 0 Å². The quantitative estimate of drug-likeness (QED) is 0.569. The second kappa shape index (κ2) is 10.9. The largest absolute Gasteiger partial charge is 0.243 e. The van der Waals surface area contributed by atoms with Crippen LogP contribution in [0, 0.1) is 6.92 Å². The topological polar surface area (TPSA) is 54.5 Å². The third-order valence-corrected chi connectivity index (χ3v) is 3.71. The second-order valence-electron chi connectivity index (χ2n) is 5.39. The van der Waals surface area contributed by atoms with Gasteiger partial charge in [-0.3, -0.25) is 0 Å². The highest BCUT2D eigenvalue weighted by Gasteiger charge is 2.14. The molecule has 0 aliphatic carbocycles. The molecule has 0 bridgehead atoms. The van der Waals surface area contributed by atoms with Crippen molar-refractivity contribution in [3.05, 3.63) is 12.7 Å². The van der Waals surface area contributed by atoms with Gasteiger partial charge in [0.25, 0.3) is 0 Å². The Morgan fingerprint density at radius 1 is 1.00 bits per heavy atom. The van der Waals surface area contributed by atoms with E-state index in [4.69, 9.17) is 0 Å². The summed E-state index contributed by atoms with van der Waals surface area (Å²) in [5.41, 5.74) is 0. The van der Waals surface area contributed by atoms with E-state index in [0.29, 0.717) is 5.92 Å². The van der Waals surface area contributed by atoms with Gasteiger partial charge in [0.15, 0.2) is 5.82 Å². The average Bonchev–Trinajstić information content (AvgIpc) is 2.94. The van der Waals surface area contributed by atoms with Crippen LogP contribution < -0.4 is 0 Å². The van der Waals surface area contributed by atoms with Crippen molar-refractivity contribution < 1.29 is 0 Å². The summed E-state index contributed by atoms with van der Waals surface area (Å²) in [5, 5.41) is 14.4. The van der Waals surface area contributed by atoms with Gasteiger partial charge in [-0.05, 0) is 23.3 Å². The van der Waals surface area contributed by atoms with Crippen molar-refractivity contribution >= 4 is 0 Å². The first-order valence-corrected chi connectivity index (χ1v) is 7.91. The predicted octanol–water partition coefficient (Wildman–Crippen LogP) is 4.43. The summed E-state index contributed by atoms with van der Waals surface area (Å²) in [7, 11) is 0. The summed E-state index contributed by atoms with van der Waals surface area (Å²) < 4.78 is 0. The Hall–Kier alpha value is -0.930. The third-order valence-electron chi connectivity index (χ3n) is 3.71. The van der Waals surface area contributed by atoms with E-state index in [2.05, 4.69) is 34.5 Å². The molecule has 0 aliphatic heterocycles. The third kappa shape index (κ3) is 7.28. The van der Waals surface area contributed by atoms with E-state index in [0.717, 1.165) is 12.2 Å². The van der Waals surface area contributed by atoms with Crippen LogP contribution in [-0.2, 0) is 0 Å². The minimum atomic E-state index is 0.507. The first kappa shape index (κ1) is 16.1. The maximum absolute atomic E-state index is 4.09. The van der Waals surface area contributed by atoms with Crippen molar-refractivity contribution in [2.24, 2.45) is 0 Å². The smallest absolute Gasteiger partial charge is 0.151 e. The molecule has 1 aromatic heterocycles. The van der Waals surface area contributed by atoms with Crippen LogP contribution >= 0.6 is 0 Å². The number of hydrogen-bond acceptors (Lipinski definition) is 3. The lowest BCUT2D eigenvalue weighted by Crippen LogP contribution is -2.02. The van der Waals surface area contributed by atoms with E-state index < -0.39 is 0 Å². The molecule has 19 heavy (non-hydrogen) atoms. The number of nitrogens with one attached hydrogen (secondary N) is 1. The first-order valence-electron chi connectivity index (χ1n) is 7.91. The molecular formula is C15H29N4. The van der Waals surface area contributed by atoms with Crippen LogP contribution in [0.4, 0.5) is 0 Å². The lowest BCUT2D eigenvalue weighted by atomic mass is 9.94. The molecule has 0 aliphatic rings. The lowest BCUT2D eigenvalue weighted by Gasteiger charge is -2.13. The molecule has 1 N–H and O–H groups in total. The predicted molar refractivity (Wildman–Crippen MR) is 78.7 cm³/mol. The molecule has 0 spiro atoms. The fourth-order valence-corrected chi connectivity index (χ4v) is 2.50. The van der Waals surface area contributed by atoms with Gasteiger partial charge in [0, 0.05) is 5.92 Å². The van der Waals surface area contributed by atoms with Crippen LogP contribution in [0.1, 0.15) is 89.3 Å². The molecule has 1 unspecified atom stereocenters. The Morgan fingerprint density at radius 3 is 2.32 bits per heavy atom. The number of hydrogen-bond donors (Lipinski definition) is 1. The van der Waals surface area contributed by atoms with E-state index >= 15 is 0 Å². The van der Waals surface area contributed by atoms with E-state index in [1.807, 2.05) is 0 Å². The number of tetrazole rings is 1. The molecule has 109 valence electrons. The van der Waals surface area contributed by atoms with Crippen molar-refractivity contribution in [1.29, 1.82) is 0 Å².